The highest BCUT2D eigenvalue weighted by Gasteiger charge is 2.24. The molecular weight excluding hydrogens is 271 g/mol. The van der Waals surface area contributed by atoms with Crippen molar-refractivity contribution in [2.75, 3.05) is 13.2 Å². The molecule has 1 aliphatic heterocycles. The van der Waals surface area contributed by atoms with Crippen LogP contribution in [0.3, 0.4) is 0 Å². The first-order valence-corrected chi connectivity index (χ1v) is 6.80. The van der Waals surface area contributed by atoms with Gasteiger partial charge in [-0.1, -0.05) is 18.2 Å². The van der Waals surface area contributed by atoms with Crippen LogP contribution in [0.4, 0.5) is 4.39 Å². The molecule has 0 saturated carbocycles. The van der Waals surface area contributed by atoms with Crippen molar-refractivity contribution in [2.45, 2.75) is 12.8 Å². The summed E-state index contributed by atoms with van der Waals surface area (Å²) in [4.78, 5) is 11.2. The lowest BCUT2D eigenvalue weighted by Crippen LogP contribution is -2.12. The lowest BCUT2D eigenvalue weighted by molar-refractivity contribution is 0.101. The Morgan fingerprint density at radius 2 is 2.14 bits per heavy atom. The van der Waals surface area contributed by atoms with Crippen LogP contribution in [0, 0.1) is 5.82 Å². The van der Waals surface area contributed by atoms with E-state index in [0.717, 1.165) is 11.3 Å². The van der Waals surface area contributed by atoms with Gasteiger partial charge in [-0.05, 0) is 31.2 Å². The zero-order valence-electron chi connectivity index (χ0n) is 11.6. The van der Waals surface area contributed by atoms with Crippen molar-refractivity contribution in [3.63, 3.8) is 0 Å². The van der Waals surface area contributed by atoms with Gasteiger partial charge in [-0.2, -0.15) is 0 Å². The molecule has 0 amide bonds. The molecule has 1 unspecified atom stereocenters. The summed E-state index contributed by atoms with van der Waals surface area (Å²) in [7, 11) is 0. The highest BCUT2D eigenvalue weighted by molar-refractivity contribution is 5.94. The molecule has 1 aliphatic rings. The van der Waals surface area contributed by atoms with E-state index in [2.05, 4.69) is 0 Å². The molecule has 0 spiro atoms. The maximum absolute atomic E-state index is 13.9. The van der Waals surface area contributed by atoms with Crippen LogP contribution in [-0.2, 0) is 0 Å². The van der Waals surface area contributed by atoms with Gasteiger partial charge in [0.15, 0.2) is 17.3 Å². The Kier molecular flexibility index (Phi) is 3.60. The number of hydrogen-bond acceptors (Lipinski definition) is 3. The number of ether oxygens (including phenoxy) is 2. The Labute approximate surface area is 122 Å². The van der Waals surface area contributed by atoms with Gasteiger partial charge in [0, 0.05) is 11.1 Å². The predicted molar refractivity (Wildman–Crippen MR) is 76.6 cm³/mol. The highest BCUT2D eigenvalue weighted by atomic mass is 19.1. The van der Waals surface area contributed by atoms with Crippen molar-refractivity contribution < 1.29 is 18.7 Å². The van der Waals surface area contributed by atoms with Crippen LogP contribution in [0.2, 0.25) is 0 Å². The van der Waals surface area contributed by atoms with E-state index >= 15 is 0 Å². The number of halogens is 1. The molecule has 2 aromatic carbocycles. The number of benzene rings is 2. The van der Waals surface area contributed by atoms with E-state index < -0.39 is 5.82 Å². The minimum atomic E-state index is -0.519. The quantitative estimate of drug-likeness (QED) is 0.806. The summed E-state index contributed by atoms with van der Waals surface area (Å²) in [5, 5.41) is 0. The third-order valence-corrected chi connectivity index (χ3v) is 3.58. The fourth-order valence-electron chi connectivity index (χ4n) is 2.39. The average Bonchev–Trinajstić information content (AvgIpc) is 2.89. The number of ketones is 1. The van der Waals surface area contributed by atoms with E-state index in [1.54, 1.807) is 6.07 Å². The Balaban J connectivity index is 1.70. The molecule has 0 saturated heterocycles. The molecule has 0 fully saturated rings. The normalized spacial score (nSPS) is 16.2. The van der Waals surface area contributed by atoms with Gasteiger partial charge >= 0.3 is 0 Å². The molecule has 0 bridgehead atoms. The van der Waals surface area contributed by atoms with E-state index in [1.807, 2.05) is 24.3 Å². The van der Waals surface area contributed by atoms with Gasteiger partial charge in [0.2, 0.25) is 0 Å². The van der Waals surface area contributed by atoms with Crippen LogP contribution >= 0.6 is 0 Å². The smallest absolute Gasteiger partial charge is 0.165 e. The van der Waals surface area contributed by atoms with Crippen molar-refractivity contribution in [3.05, 3.63) is 59.4 Å². The van der Waals surface area contributed by atoms with Crippen LogP contribution in [0.5, 0.6) is 11.5 Å². The summed E-state index contributed by atoms with van der Waals surface area (Å²) in [6.45, 7) is 2.28. The number of Topliss-reactive ketones (excluding diaryl/α,β-unsaturated/α-hetero) is 1. The Hall–Kier alpha value is -2.36. The summed E-state index contributed by atoms with van der Waals surface area (Å²) in [5.74, 6) is 0.421. The summed E-state index contributed by atoms with van der Waals surface area (Å²) in [5.41, 5.74) is 1.42. The van der Waals surface area contributed by atoms with Crippen LogP contribution in [0.25, 0.3) is 0 Å². The lowest BCUT2D eigenvalue weighted by Gasteiger charge is -2.12. The third kappa shape index (κ3) is 2.75. The molecule has 3 rings (SSSR count). The summed E-state index contributed by atoms with van der Waals surface area (Å²) >= 11 is 0. The van der Waals surface area contributed by atoms with Crippen LogP contribution in [0.15, 0.2) is 42.5 Å². The molecule has 0 radical (unpaired) electrons. The first-order valence-electron chi connectivity index (χ1n) is 6.80. The molecule has 0 aromatic heterocycles. The van der Waals surface area contributed by atoms with Crippen LogP contribution in [0.1, 0.15) is 28.8 Å². The van der Waals surface area contributed by atoms with Crippen molar-refractivity contribution in [2.24, 2.45) is 0 Å². The van der Waals surface area contributed by atoms with Gasteiger partial charge < -0.3 is 9.47 Å². The number of rotatable bonds is 4. The second-order valence-electron chi connectivity index (χ2n) is 5.06. The molecule has 4 heteroatoms. The molecule has 1 heterocycles. The molecule has 108 valence electrons. The maximum Gasteiger partial charge on any atom is 0.165 e. The fraction of sp³-hybridized carbons (Fsp3) is 0.235. The maximum atomic E-state index is 13.9. The second kappa shape index (κ2) is 5.56. The van der Waals surface area contributed by atoms with E-state index in [9.17, 15) is 9.18 Å². The third-order valence-electron chi connectivity index (χ3n) is 3.58. The number of para-hydroxylation sites is 1. The van der Waals surface area contributed by atoms with Crippen molar-refractivity contribution >= 4 is 5.78 Å². The fourth-order valence-corrected chi connectivity index (χ4v) is 2.39. The standard InChI is InChI=1S/C17H15FO3/c1-11(19)12-6-7-17(15(18)8-12)21-10-13-9-20-16-5-3-2-4-14(13)16/h2-8,13H,9-10H2,1H3. The van der Waals surface area contributed by atoms with E-state index in [0.29, 0.717) is 18.8 Å². The summed E-state index contributed by atoms with van der Waals surface area (Å²) in [6.07, 6.45) is 0. The molecular formula is C17H15FO3. The number of fused-ring (bicyclic) bond motifs is 1. The molecule has 1 atom stereocenters. The number of carbonyl (C=O) groups is 1. The SMILES string of the molecule is CC(=O)c1ccc(OCC2COc3ccccc32)c(F)c1. The minimum absolute atomic E-state index is 0.0908. The predicted octanol–water partition coefficient (Wildman–Crippen LogP) is 3.58. The van der Waals surface area contributed by atoms with Crippen molar-refractivity contribution in [1.82, 2.24) is 0 Å². The van der Waals surface area contributed by atoms with Gasteiger partial charge in [0.1, 0.15) is 5.75 Å². The summed E-state index contributed by atoms with van der Waals surface area (Å²) in [6, 6.07) is 12.0. The van der Waals surface area contributed by atoms with Gasteiger partial charge in [0.05, 0.1) is 19.1 Å². The Morgan fingerprint density at radius 3 is 2.90 bits per heavy atom. The van der Waals surface area contributed by atoms with E-state index in [4.69, 9.17) is 9.47 Å². The van der Waals surface area contributed by atoms with Crippen LogP contribution in [-0.4, -0.2) is 19.0 Å². The van der Waals surface area contributed by atoms with Crippen molar-refractivity contribution in [1.29, 1.82) is 0 Å². The van der Waals surface area contributed by atoms with E-state index in [1.165, 1.54) is 19.1 Å². The highest BCUT2D eigenvalue weighted by Crippen LogP contribution is 2.34. The van der Waals surface area contributed by atoms with Crippen molar-refractivity contribution in [3.8, 4) is 11.5 Å². The molecule has 0 N–H and O–H groups in total. The molecule has 0 aliphatic carbocycles. The lowest BCUT2D eigenvalue weighted by atomic mass is 10.0. The molecule has 2 aromatic rings. The van der Waals surface area contributed by atoms with Gasteiger partial charge in [-0.25, -0.2) is 4.39 Å². The first-order chi connectivity index (χ1) is 10.1. The molecule has 21 heavy (non-hydrogen) atoms. The monoisotopic (exact) mass is 286 g/mol. The first kappa shape index (κ1) is 13.6. The summed E-state index contributed by atoms with van der Waals surface area (Å²) < 4.78 is 25.0. The topological polar surface area (TPSA) is 35.5 Å². The van der Waals surface area contributed by atoms with Crippen LogP contribution < -0.4 is 9.47 Å². The Morgan fingerprint density at radius 1 is 1.33 bits per heavy atom. The van der Waals surface area contributed by atoms with E-state index in [-0.39, 0.29) is 17.5 Å². The van der Waals surface area contributed by atoms with Gasteiger partial charge in [-0.15, -0.1) is 0 Å². The van der Waals surface area contributed by atoms with Gasteiger partial charge in [0.25, 0.3) is 0 Å². The zero-order valence-corrected chi connectivity index (χ0v) is 11.6. The Bertz CT molecular complexity index is 681. The second-order valence-corrected chi connectivity index (χ2v) is 5.06. The van der Waals surface area contributed by atoms with Gasteiger partial charge in [-0.3, -0.25) is 4.79 Å². The molecule has 3 nitrogen and oxygen atoms in total. The number of carbonyl (C=O) groups excluding carboxylic acids is 1. The largest absolute Gasteiger partial charge is 0.493 e. The number of hydrogen-bond donors (Lipinski definition) is 0. The average molecular weight is 286 g/mol. The zero-order chi connectivity index (χ0) is 14.8. The minimum Gasteiger partial charge on any atom is -0.493 e.